The molecule has 1 aliphatic heterocycles. The molecule has 1 unspecified atom stereocenters. The number of hydrogen-bond donors (Lipinski definition) is 1. The van der Waals surface area contributed by atoms with Crippen LogP contribution < -0.4 is 9.46 Å². The number of ketones is 1. The van der Waals surface area contributed by atoms with Gasteiger partial charge in [-0.15, -0.1) is 0 Å². The highest BCUT2D eigenvalue weighted by Gasteiger charge is 2.19. The number of hydrogen-bond acceptors (Lipinski definition) is 3. The van der Waals surface area contributed by atoms with Crippen molar-refractivity contribution in [2.75, 3.05) is 6.61 Å². The Labute approximate surface area is 132 Å². The lowest BCUT2D eigenvalue weighted by molar-refractivity contribution is 0.0933. The first-order chi connectivity index (χ1) is 10.6. The van der Waals surface area contributed by atoms with E-state index in [1.165, 1.54) is 5.56 Å². The van der Waals surface area contributed by atoms with Gasteiger partial charge in [0.05, 0.1) is 17.1 Å². The van der Waals surface area contributed by atoms with E-state index in [0.717, 1.165) is 5.56 Å². The Bertz CT molecular complexity index is 725. The topological polar surface area (TPSA) is 55.4 Å². The molecule has 0 saturated heterocycles. The van der Waals surface area contributed by atoms with Crippen molar-refractivity contribution in [2.45, 2.75) is 24.8 Å². The second-order valence-corrected chi connectivity index (χ2v) is 6.55. The van der Waals surface area contributed by atoms with E-state index in [2.05, 4.69) is 4.72 Å². The summed E-state index contributed by atoms with van der Waals surface area (Å²) in [5, 5.41) is 0. The number of benzene rings is 2. The van der Waals surface area contributed by atoms with Crippen LogP contribution in [0.1, 0.15) is 27.9 Å². The van der Waals surface area contributed by atoms with Crippen LogP contribution in [0.4, 0.5) is 0 Å². The van der Waals surface area contributed by atoms with E-state index in [9.17, 15) is 9.00 Å². The first-order valence-electron chi connectivity index (χ1n) is 7.14. The van der Waals surface area contributed by atoms with E-state index in [1.54, 1.807) is 18.2 Å². The Morgan fingerprint density at radius 2 is 1.95 bits per heavy atom. The van der Waals surface area contributed by atoms with Crippen LogP contribution in [0.2, 0.25) is 0 Å². The molecule has 0 saturated carbocycles. The summed E-state index contributed by atoms with van der Waals surface area (Å²) in [7, 11) is -1.36. The van der Waals surface area contributed by atoms with E-state index in [0.29, 0.717) is 35.8 Å². The second-order valence-electron chi connectivity index (χ2n) is 5.26. The minimum atomic E-state index is -1.36. The van der Waals surface area contributed by atoms with Crippen LogP contribution in [-0.4, -0.2) is 16.6 Å². The fourth-order valence-electron chi connectivity index (χ4n) is 2.29. The van der Waals surface area contributed by atoms with Gasteiger partial charge in [0.15, 0.2) is 5.78 Å². The van der Waals surface area contributed by atoms with Gasteiger partial charge in [-0.25, -0.2) is 8.93 Å². The average molecular weight is 315 g/mol. The molecule has 114 valence electrons. The van der Waals surface area contributed by atoms with Crippen LogP contribution in [0.3, 0.4) is 0 Å². The lowest BCUT2D eigenvalue weighted by atomic mass is 10.1. The third-order valence-corrected chi connectivity index (χ3v) is 4.67. The maximum Gasteiger partial charge on any atom is 0.170 e. The van der Waals surface area contributed by atoms with E-state index < -0.39 is 11.0 Å². The highest BCUT2D eigenvalue weighted by atomic mass is 32.2. The number of nitrogens with one attached hydrogen (secondary N) is 1. The lowest BCUT2D eigenvalue weighted by Gasteiger charge is -2.16. The van der Waals surface area contributed by atoms with E-state index in [4.69, 9.17) is 4.74 Å². The van der Waals surface area contributed by atoms with Crippen LogP contribution in [0.15, 0.2) is 47.4 Å². The van der Waals surface area contributed by atoms with Crippen LogP contribution in [0.5, 0.6) is 5.75 Å². The van der Waals surface area contributed by atoms with Crippen LogP contribution in [0.25, 0.3) is 0 Å². The first-order valence-corrected chi connectivity index (χ1v) is 8.29. The first kappa shape index (κ1) is 14.9. The van der Waals surface area contributed by atoms with E-state index in [-0.39, 0.29) is 5.78 Å². The number of rotatable bonds is 4. The molecule has 0 aromatic heterocycles. The average Bonchev–Trinajstić information content (AvgIpc) is 2.54. The van der Waals surface area contributed by atoms with E-state index >= 15 is 0 Å². The van der Waals surface area contributed by atoms with Crippen molar-refractivity contribution in [3.05, 3.63) is 59.2 Å². The molecule has 1 heterocycles. The number of ether oxygens (including phenoxy) is 1. The predicted octanol–water partition coefficient (Wildman–Crippen LogP) is 2.77. The highest BCUT2D eigenvalue weighted by Crippen LogP contribution is 2.26. The molecule has 0 amide bonds. The fraction of sp³-hybridized carbons (Fsp3) is 0.235. The molecule has 1 N–H and O–H groups in total. The highest BCUT2D eigenvalue weighted by molar-refractivity contribution is 7.83. The molecule has 0 aliphatic carbocycles. The molecule has 22 heavy (non-hydrogen) atoms. The fourth-order valence-corrected chi connectivity index (χ4v) is 3.18. The molecule has 3 rings (SSSR count). The van der Waals surface area contributed by atoms with Crippen molar-refractivity contribution in [1.82, 2.24) is 4.72 Å². The number of carbonyl (C=O) groups is 1. The molecule has 0 spiro atoms. The summed E-state index contributed by atoms with van der Waals surface area (Å²) in [5.41, 5.74) is 2.78. The molecule has 0 radical (unpaired) electrons. The third kappa shape index (κ3) is 3.26. The summed E-state index contributed by atoms with van der Waals surface area (Å²) in [6, 6.07) is 13.2. The van der Waals surface area contributed by atoms with Gasteiger partial charge in [-0.2, -0.15) is 0 Å². The minimum absolute atomic E-state index is 0.0404. The molecule has 5 heteroatoms. The predicted molar refractivity (Wildman–Crippen MR) is 85.3 cm³/mol. The lowest BCUT2D eigenvalue weighted by Crippen LogP contribution is -2.19. The number of Topliss-reactive ketones (excluding diaryl/α,β-unsaturated/α-hetero) is 1. The molecule has 1 aliphatic rings. The van der Waals surface area contributed by atoms with Crippen molar-refractivity contribution in [1.29, 1.82) is 0 Å². The minimum Gasteiger partial charge on any atom is -0.492 e. The normalized spacial score (nSPS) is 15.0. The van der Waals surface area contributed by atoms with Crippen molar-refractivity contribution >= 4 is 16.8 Å². The Kier molecular flexibility index (Phi) is 4.36. The zero-order chi connectivity index (χ0) is 15.5. The Morgan fingerprint density at radius 3 is 2.73 bits per heavy atom. The van der Waals surface area contributed by atoms with Crippen molar-refractivity contribution in [2.24, 2.45) is 0 Å². The van der Waals surface area contributed by atoms with Gasteiger partial charge >= 0.3 is 0 Å². The number of aryl methyl sites for hydroxylation is 1. The maximum absolute atomic E-state index is 12.3. The number of carbonyl (C=O) groups excluding carboxylic acids is 1. The zero-order valence-corrected chi connectivity index (χ0v) is 13.1. The third-order valence-electron chi connectivity index (χ3n) is 3.58. The quantitative estimate of drug-likeness (QED) is 0.944. The second kappa shape index (κ2) is 6.42. The largest absolute Gasteiger partial charge is 0.492 e. The van der Waals surface area contributed by atoms with Crippen LogP contribution >= 0.6 is 0 Å². The van der Waals surface area contributed by atoms with Crippen molar-refractivity contribution < 1.29 is 13.7 Å². The monoisotopic (exact) mass is 315 g/mol. The molecule has 4 nitrogen and oxygen atoms in total. The molecule has 0 bridgehead atoms. The van der Waals surface area contributed by atoms with Gasteiger partial charge in [-0.1, -0.05) is 29.8 Å². The summed E-state index contributed by atoms with van der Waals surface area (Å²) in [4.78, 5) is 12.5. The van der Waals surface area contributed by atoms with Gasteiger partial charge < -0.3 is 4.74 Å². The van der Waals surface area contributed by atoms with Gasteiger partial charge in [-0.05, 0) is 30.7 Å². The molecular formula is C17H17NO3S. The van der Waals surface area contributed by atoms with Crippen molar-refractivity contribution in [3.63, 3.8) is 0 Å². The Balaban J connectivity index is 1.71. The SMILES string of the molecule is Cc1ccc(CNS(=O)c2ccc3c(c2)C(=O)CCO3)cc1. The summed E-state index contributed by atoms with van der Waals surface area (Å²) in [6.07, 6.45) is 0.375. The summed E-state index contributed by atoms with van der Waals surface area (Å²) < 4.78 is 20.7. The molecule has 1 atom stereocenters. The molecular weight excluding hydrogens is 298 g/mol. The van der Waals surface area contributed by atoms with Gasteiger partial charge in [-0.3, -0.25) is 4.79 Å². The van der Waals surface area contributed by atoms with Crippen LogP contribution in [-0.2, 0) is 17.5 Å². The molecule has 0 fully saturated rings. The summed E-state index contributed by atoms with van der Waals surface area (Å²) in [6.45, 7) is 2.95. The Hall–Kier alpha value is -1.98. The maximum atomic E-state index is 12.3. The van der Waals surface area contributed by atoms with E-state index in [1.807, 2.05) is 31.2 Å². The van der Waals surface area contributed by atoms with Crippen LogP contribution in [0, 0.1) is 6.92 Å². The molecule has 2 aromatic rings. The standard InChI is InChI=1S/C17H17NO3S/c1-12-2-4-13(5-3-12)11-18-22(20)14-6-7-17-15(10-14)16(19)8-9-21-17/h2-7,10,18H,8-9,11H2,1H3. The number of fused-ring (bicyclic) bond motifs is 1. The van der Waals surface area contributed by atoms with Gasteiger partial charge in [0.2, 0.25) is 0 Å². The van der Waals surface area contributed by atoms with Gasteiger partial charge in [0.1, 0.15) is 16.7 Å². The summed E-state index contributed by atoms with van der Waals surface area (Å²) >= 11 is 0. The molecule has 2 aromatic carbocycles. The van der Waals surface area contributed by atoms with Gasteiger partial charge in [0, 0.05) is 13.0 Å². The smallest absolute Gasteiger partial charge is 0.170 e. The zero-order valence-electron chi connectivity index (χ0n) is 12.3. The van der Waals surface area contributed by atoms with Crippen molar-refractivity contribution in [3.8, 4) is 5.75 Å². The summed E-state index contributed by atoms with van der Waals surface area (Å²) in [5.74, 6) is 0.620. The van der Waals surface area contributed by atoms with Gasteiger partial charge in [0.25, 0.3) is 0 Å². The Morgan fingerprint density at radius 1 is 1.18 bits per heavy atom.